The number of hydrogen-bond acceptors (Lipinski definition) is 4. The summed E-state index contributed by atoms with van der Waals surface area (Å²) in [6.07, 6.45) is 20.2. The first-order valence-electron chi connectivity index (χ1n) is 10.3. The minimum absolute atomic E-state index is 0.0619. The van der Waals surface area contributed by atoms with Gasteiger partial charge in [0.25, 0.3) is 5.84 Å². The fourth-order valence-corrected chi connectivity index (χ4v) is 4.65. The molecule has 6 heteroatoms. The number of hydrogen-bond donors (Lipinski definition) is 1. The van der Waals surface area contributed by atoms with Gasteiger partial charge in [0.2, 0.25) is 11.6 Å². The maximum atomic E-state index is 12.8. The van der Waals surface area contributed by atoms with Crippen molar-refractivity contribution in [1.82, 2.24) is 4.90 Å². The molecule has 1 atom stereocenters. The molecule has 0 bridgehead atoms. The molecule has 144 valence electrons. The minimum atomic E-state index is 0.0619. The molecule has 1 saturated carbocycles. The molecular formula is C22H26N5O+. The normalized spacial score (nSPS) is 29.3. The number of allylic oxidation sites excluding steroid dienone is 4. The van der Waals surface area contributed by atoms with Crippen LogP contribution in [0, 0.1) is 5.92 Å². The Kier molecular flexibility index (Phi) is 4.25. The second-order valence-electron chi connectivity index (χ2n) is 8.10. The van der Waals surface area contributed by atoms with E-state index in [2.05, 4.69) is 11.1 Å². The van der Waals surface area contributed by atoms with Gasteiger partial charge in [-0.3, -0.25) is 9.79 Å². The van der Waals surface area contributed by atoms with Crippen LogP contribution in [0.5, 0.6) is 0 Å². The van der Waals surface area contributed by atoms with Crippen molar-refractivity contribution in [3.63, 3.8) is 0 Å². The Bertz CT molecular complexity index is 927. The Morgan fingerprint density at radius 3 is 2.75 bits per heavy atom. The van der Waals surface area contributed by atoms with Gasteiger partial charge < -0.3 is 4.90 Å². The standard InChI is InChI=1S/C22H26N5O/c23-27-14-11-24-15-19(27)20(16-7-4-8-16)25-21(27)17-9-12-26(13-10-17)22(28)18-5-2-1-3-6-18/h4,7-9,11,14-15,18H,1-3,5-6,10,12-13,23H2/q+1. The fraction of sp³-hybridized carbons (Fsp3) is 0.409. The van der Waals surface area contributed by atoms with Crippen molar-refractivity contribution in [1.29, 1.82) is 0 Å². The summed E-state index contributed by atoms with van der Waals surface area (Å²) in [5.41, 5.74) is 4.01. The van der Waals surface area contributed by atoms with Crippen molar-refractivity contribution in [2.45, 2.75) is 38.5 Å². The molecule has 6 nitrogen and oxygen atoms in total. The maximum absolute atomic E-state index is 12.8. The highest BCUT2D eigenvalue weighted by molar-refractivity contribution is 6.01. The number of aliphatic imine (C=N–C) groups is 2. The molecule has 1 amide bonds. The van der Waals surface area contributed by atoms with Crippen LogP contribution >= 0.6 is 0 Å². The van der Waals surface area contributed by atoms with E-state index in [0.717, 1.165) is 54.2 Å². The minimum Gasteiger partial charge on any atom is -0.338 e. The van der Waals surface area contributed by atoms with Gasteiger partial charge in [0, 0.05) is 30.2 Å². The summed E-state index contributed by atoms with van der Waals surface area (Å²) in [5, 5.41) is 0. The van der Waals surface area contributed by atoms with Crippen LogP contribution in [-0.4, -0.2) is 40.5 Å². The summed E-state index contributed by atoms with van der Waals surface area (Å²) in [4.78, 5) is 24.0. The summed E-state index contributed by atoms with van der Waals surface area (Å²) < 4.78 is 0.0619. The average Bonchev–Trinajstić information content (AvgIpc) is 3.00. The highest BCUT2D eigenvalue weighted by Gasteiger charge is 2.46. The van der Waals surface area contributed by atoms with Gasteiger partial charge in [0.15, 0.2) is 0 Å². The number of quaternary nitrogens is 1. The molecule has 3 heterocycles. The maximum Gasteiger partial charge on any atom is 0.260 e. The van der Waals surface area contributed by atoms with Gasteiger partial charge >= 0.3 is 0 Å². The van der Waals surface area contributed by atoms with Crippen LogP contribution in [0.25, 0.3) is 0 Å². The summed E-state index contributed by atoms with van der Waals surface area (Å²) in [6, 6.07) is 0. The molecule has 0 saturated heterocycles. The third-order valence-corrected chi connectivity index (χ3v) is 6.38. The Morgan fingerprint density at radius 1 is 1.25 bits per heavy atom. The van der Waals surface area contributed by atoms with E-state index in [9.17, 15) is 4.79 Å². The second-order valence-corrected chi connectivity index (χ2v) is 8.10. The number of amides is 1. The summed E-state index contributed by atoms with van der Waals surface area (Å²) in [7, 11) is 0. The Balaban J connectivity index is 1.37. The molecule has 0 aromatic rings. The first kappa shape index (κ1) is 17.5. The molecule has 0 radical (unpaired) electrons. The van der Waals surface area contributed by atoms with E-state index in [1.54, 1.807) is 12.4 Å². The highest BCUT2D eigenvalue weighted by Crippen LogP contribution is 2.37. The zero-order chi connectivity index (χ0) is 19.1. The van der Waals surface area contributed by atoms with Crippen LogP contribution in [0.3, 0.4) is 0 Å². The molecule has 2 aliphatic carbocycles. The lowest BCUT2D eigenvalue weighted by molar-refractivity contribution is -0.750. The second kappa shape index (κ2) is 6.79. The zero-order valence-electron chi connectivity index (χ0n) is 16.1. The van der Waals surface area contributed by atoms with Gasteiger partial charge in [0.05, 0.1) is 12.4 Å². The predicted molar refractivity (Wildman–Crippen MR) is 110 cm³/mol. The van der Waals surface area contributed by atoms with Crippen molar-refractivity contribution in [2.24, 2.45) is 21.7 Å². The van der Waals surface area contributed by atoms with Crippen molar-refractivity contribution in [3.05, 3.63) is 59.2 Å². The molecule has 5 rings (SSSR count). The number of fused-ring (bicyclic) bond motifs is 1. The zero-order valence-corrected chi connectivity index (χ0v) is 16.1. The van der Waals surface area contributed by atoms with Crippen LogP contribution in [0.2, 0.25) is 0 Å². The number of carbonyl (C=O) groups excluding carboxylic acids is 1. The van der Waals surface area contributed by atoms with Gasteiger partial charge in [-0.1, -0.05) is 43.6 Å². The Labute approximate surface area is 165 Å². The molecule has 2 N–H and O–H groups in total. The highest BCUT2D eigenvalue weighted by atomic mass is 16.2. The third kappa shape index (κ3) is 2.75. The quantitative estimate of drug-likeness (QED) is 0.607. The van der Waals surface area contributed by atoms with E-state index < -0.39 is 0 Å². The summed E-state index contributed by atoms with van der Waals surface area (Å²) in [6.45, 7) is 1.39. The number of carbonyl (C=O) groups is 1. The molecule has 28 heavy (non-hydrogen) atoms. The number of nitrogens with zero attached hydrogens (tertiary/aromatic N) is 4. The first-order valence-corrected chi connectivity index (χ1v) is 10.3. The van der Waals surface area contributed by atoms with Crippen molar-refractivity contribution < 1.29 is 9.39 Å². The molecule has 3 aliphatic heterocycles. The van der Waals surface area contributed by atoms with E-state index in [1.165, 1.54) is 19.3 Å². The van der Waals surface area contributed by atoms with Gasteiger partial charge in [-0.25, -0.2) is 0 Å². The number of amidine groups is 1. The smallest absolute Gasteiger partial charge is 0.260 e. The Hall–Kier alpha value is -2.57. The third-order valence-electron chi connectivity index (χ3n) is 6.38. The van der Waals surface area contributed by atoms with Crippen LogP contribution in [0.1, 0.15) is 38.5 Å². The topological polar surface area (TPSA) is 71.0 Å². The van der Waals surface area contributed by atoms with Crippen LogP contribution in [-0.2, 0) is 4.79 Å². The summed E-state index contributed by atoms with van der Waals surface area (Å²) >= 11 is 0. The molecule has 0 spiro atoms. The van der Waals surface area contributed by atoms with E-state index >= 15 is 0 Å². The van der Waals surface area contributed by atoms with Gasteiger partial charge in [0.1, 0.15) is 11.9 Å². The molecule has 5 aliphatic rings. The first-order chi connectivity index (χ1) is 13.7. The van der Waals surface area contributed by atoms with Gasteiger partial charge in [-0.15, -0.1) is 4.59 Å². The van der Waals surface area contributed by atoms with Crippen molar-refractivity contribution in [3.8, 4) is 0 Å². The van der Waals surface area contributed by atoms with Crippen LogP contribution in [0.15, 0.2) is 69.2 Å². The molecule has 0 aromatic heterocycles. The van der Waals surface area contributed by atoms with Crippen molar-refractivity contribution >= 4 is 18.0 Å². The SMILES string of the molecule is N[N+]12C=CN=CC1=C(C1=CC=C1)N=C2C1=CCN(C(=O)C2CCCCC2)CC1. The van der Waals surface area contributed by atoms with E-state index in [1.807, 2.05) is 29.3 Å². The largest absolute Gasteiger partial charge is 0.338 e. The fourth-order valence-electron chi connectivity index (χ4n) is 4.65. The van der Waals surface area contributed by atoms with Gasteiger partial charge in [-0.05, 0) is 19.3 Å². The summed E-state index contributed by atoms with van der Waals surface area (Å²) in [5.74, 6) is 8.15. The van der Waals surface area contributed by atoms with Gasteiger partial charge in [-0.2, -0.15) is 10.8 Å². The van der Waals surface area contributed by atoms with Crippen molar-refractivity contribution in [2.75, 3.05) is 13.1 Å². The van der Waals surface area contributed by atoms with Crippen LogP contribution in [0.4, 0.5) is 0 Å². The number of nitrogens with two attached hydrogens (primary N) is 1. The van der Waals surface area contributed by atoms with Crippen LogP contribution < -0.4 is 5.84 Å². The predicted octanol–water partition coefficient (Wildman–Crippen LogP) is 3.09. The van der Waals surface area contributed by atoms with E-state index in [0.29, 0.717) is 12.5 Å². The molecule has 1 unspecified atom stereocenters. The van der Waals surface area contributed by atoms with E-state index in [-0.39, 0.29) is 10.5 Å². The lowest BCUT2D eigenvalue weighted by Gasteiger charge is -2.33. The lowest BCUT2D eigenvalue weighted by atomic mass is 9.88. The molecule has 0 aromatic carbocycles. The molecular weight excluding hydrogens is 350 g/mol. The lowest BCUT2D eigenvalue weighted by Crippen LogP contribution is -2.54. The Morgan fingerprint density at radius 2 is 2.07 bits per heavy atom. The average molecular weight is 376 g/mol. The monoisotopic (exact) mass is 376 g/mol. The molecule has 1 fully saturated rings. The van der Waals surface area contributed by atoms with E-state index in [4.69, 9.17) is 10.8 Å². The number of rotatable bonds is 3.